The highest BCUT2D eigenvalue weighted by molar-refractivity contribution is 5.78. The van der Waals surface area contributed by atoms with Gasteiger partial charge in [0.25, 0.3) is 0 Å². The molecule has 5 heteroatoms. The fourth-order valence-corrected chi connectivity index (χ4v) is 2.03. The van der Waals surface area contributed by atoms with Gasteiger partial charge in [0, 0.05) is 24.2 Å². The lowest BCUT2D eigenvalue weighted by molar-refractivity contribution is -0.122. The molecule has 0 bridgehead atoms. The molecule has 0 saturated heterocycles. The molecule has 19 heavy (non-hydrogen) atoms. The van der Waals surface area contributed by atoms with Gasteiger partial charge in [0.2, 0.25) is 5.91 Å². The second-order valence-electron chi connectivity index (χ2n) is 4.40. The number of phenolic OH excluding ortho intramolecular Hbond substituents is 1. The van der Waals surface area contributed by atoms with Gasteiger partial charge in [0.15, 0.2) is 0 Å². The van der Waals surface area contributed by atoms with Crippen LogP contribution in [0, 0.1) is 5.82 Å². The van der Waals surface area contributed by atoms with Crippen molar-refractivity contribution in [3.8, 4) is 5.75 Å². The SMILES string of the molecule is CCNC(=O)CN(CC)C(C)c1ccc(F)cc1O. The van der Waals surface area contributed by atoms with Gasteiger partial charge in [-0.2, -0.15) is 0 Å². The lowest BCUT2D eigenvalue weighted by atomic mass is 10.1. The van der Waals surface area contributed by atoms with Gasteiger partial charge >= 0.3 is 0 Å². The first kappa shape index (κ1) is 15.4. The standard InChI is InChI=1S/C14H21FN2O2/c1-4-16-14(19)9-17(5-2)10(3)12-7-6-11(15)8-13(12)18/h6-8,10,18H,4-5,9H2,1-3H3,(H,16,19). The Hall–Kier alpha value is -1.62. The normalized spacial score (nSPS) is 12.5. The number of phenols is 1. The van der Waals surface area contributed by atoms with Crippen LogP contribution in [-0.4, -0.2) is 35.5 Å². The summed E-state index contributed by atoms with van der Waals surface area (Å²) >= 11 is 0. The average molecular weight is 268 g/mol. The zero-order valence-corrected chi connectivity index (χ0v) is 11.6. The van der Waals surface area contributed by atoms with Crippen molar-refractivity contribution in [2.45, 2.75) is 26.8 Å². The molecule has 2 N–H and O–H groups in total. The molecule has 0 spiro atoms. The van der Waals surface area contributed by atoms with Crippen molar-refractivity contribution >= 4 is 5.91 Å². The first-order valence-corrected chi connectivity index (χ1v) is 6.48. The minimum Gasteiger partial charge on any atom is -0.508 e. The van der Waals surface area contributed by atoms with Crippen LogP contribution in [0.3, 0.4) is 0 Å². The van der Waals surface area contributed by atoms with E-state index in [1.807, 2.05) is 25.7 Å². The molecule has 0 fully saturated rings. The van der Waals surface area contributed by atoms with Crippen molar-refractivity contribution in [1.82, 2.24) is 10.2 Å². The number of hydrogen-bond donors (Lipinski definition) is 2. The second-order valence-corrected chi connectivity index (χ2v) is 4.40. The first-order valence-electron chi connectivity index (χ1n) is 6.48. The predicted molar refractivity (Wildman–Crippen MR) is 72.4 cm³/mol. The van der Waals surface area contributed by atoms with Crippen molar-refractivity contribution in [3.05, 3.63) is 29.6 Å². The lowest BCUT2D eigenvalue weighted by Crippen LogP contribution is -2.38. The van der Waals surface area contributed by atoms with Gasteiger partial charge in [-0.15, -0.1) is 0 Å². The van der Waals surface area contributed by atoms with Crippen LogP contribution in [0.1, 0.15) is 32.4 Å². The molecule has 0 aromatic heterocycles. The number of aromatic hydroxyl groups is 1. The molecule has 106 valence electrons. The molecule has 1 aromatic carbocycles. The van der Waals surface area contributed by atoms with E-state index in [9.17, 15) is 14.3 Å². The number of nitrogens with zero attached hydrogens (tertiary/aromatic N) is 1. The molecule has 1 atom stereocenters. The molecule has 0 heterocycles. The van der Waals surface area contributed by atoms with E-state index in [0.717, 1.165) is 6.07 Å². The Balaban J connectivity index is 2.82. The number of benzene rings is 1. The molecule has 1 amide bonds. The number of nitrogens with one attached hydrogen (secondary N) is 1. The zero-order chi connectivity index (χ0) is 14.4. The van der Waals surface area contributed by atoms with Gasteiger partial charge in [-0.05, 0) is 26.5 Å². The van der Waals surface area contributed by atoms with Gasteiger partial charge in [-0.3, -0.25) is 9.69 Å². The summed E-state index contributed by atoms with van der Waals surface area (Å²) < 4.78 is 13.0. The summed E-state index contributed by atoms with van der Waals surface area (Å²) in [4.78, 5) is 13.5. The molecular formula is C14H21FN2O2. The molecule has 0 saturated carbocycles. The summed E-state index contributed by atoms with van der Waals surface area (Å²) in [7, 11) is 0. The first-order chi connectivity index (χ1) is 8.99. The van der Waals surface area contributed by atoms with Crippen LogP contribution in [0.25, 0.3) is 0 Å². The summed E-state index contributed by atoms with van der Waals surface area (Å²) in [6.07, 6.45) is 0. The highest BCUT2D eigenvalue weighted by atomic mass is 19.1. The van der Waals surface area contributed by atoms with Gasteiger partial charge in [0.05, 0.1) is 6.54 Å². The van der Waals surface area contributed by atoms with Crippen molar-refractivity contribution in [3.63, 3.8) is 0 Å². The van der Waals surface area contributed by atoms with E-state index in [1.165, 1.54) is 6.07 Å². The molecule has 0 aliphatic rings. The van der Waals surface area contributed by atoms with Crippen LogP contribution >= 0.6 is 0 Å². The number of halogens is 1. The van der Waals surface area contributed by atoms with E-state index >= 15 is 0 Å². The van der Waals surface area contributed by atoms with E-state index in [4.69, 9.17) is 0 Å². The average Bonchev–Trinajstić information content (AvgIpc) is 2.35. The largest absolute Gasteiger partial charge is 0.508 e. The second kappa shape index (κ2) is 7.09. The van der Waals surface area contributed by atoms with Crippen LogP contribution in [0.5, 0.6) is 5.75 Å². The number of carbonyl (C=O) groups excluding carboxylic acids is 1. The summed E-state index contributed by atoms with van der Waals surface area (Å²) in [6.45, 7) is 7.19. The van der Waals surface area contributed by atoms with Crippen LogP contribution in [-0.2, 0) is 4.79 Å². The van der Waals surface area contributed by atoms with E-state index in [0.29, 0.717) is 18.7 Å². The van der Waals surface area contributed by atoms with Gasteiger partial charge < -0.3 is 10.4 Å². The Morgan fingerprint density at radius 1 is 1.47 bits per heavy atom. The Kier molecular flexibility index (Phi) is 5.76. The number of hydrogen-bond acceptors (Lipinski definition) is 3. The number of likely N-dealkylation sites (N-methyl/N-ethyl adjacent to an activating group) is 2. The minimum absolute atomic E-state index is 0.0576. The van der Waals surface area contributed by atoms with Gasteiger partial charge in [0.1, 0.15) is 11.6 Å². The molecule has 4 nitrogen and oxygen atoms in total. The third-order valence-corrected chi connectivity index (χ3v) is 3.12. The molecular weight excluding hydrogens is 247 g/mol. The zero-order valence-electron chi connectivity index (χ0n) is 11.6. The fraction of sp³-hybridized carbons (Fsp3) is 0.500. The lowest BCUT2D eigenvalue weighted by Gasteiger charge is -2.28. The predicted octanol–water partition coefficient (Wildman–Crippen LogP) is 2.05. The van der Waals surface area contributed by atoms with E-state index < -0.39 is 5.82 Å². The van der Waals surface area contributed by atoms with Crippen molar-refractivity contribution in [2.75, 3.05) is 19.6 Å². The van der Waals surface area contributed by atoms with Crippen LogP contribution in [0.15, 0.2) is 18.2 Å². The molecule has 1 unspecified atom stereocenters. The van der Waals surface area contributed by atoms with Gasteiger partial charge in [-0.1, -0.05) is 13.0 Å². The Bertz CT molecular complexity index is 437. The van der Waals surface area contributed by atoms with Gasteiger partial charge in [-0.25, -0.2) is 4.39 Å². The molecule has 1 aromatic rings. The topological polar surface area (TPSA) is 52.6 Å². The van der Waals surface area contributed by atoms with Crippen LogP contribution in [0.4, 0.5) is 4.39 Å². The van der Waals surface area contributed by atoms with Crippen molar-refractivity contribution < 1.29 is 14.3 Å². The van der Waals surface area contributed by atoms with Crippen LogP contribution in [0.2, 0.25) is 0 Å². The minimum atomic E-state index is -0.472. The Labute approximate surface area is 113 Å². The summed E-state index contributed by atoms with van der Waals surface area (Å²) in [5.41, 5.74) is 0.618. The summed E-state index contributed by atoms with van der Waals surface area (Å²) in [5.74, 6) is -0.611. The highest BCUT2D eigenvalue weighted by Crippen LogP contribution is 2.28. The highest BCUT2D eigenvalue weighted by Gasteiger charge is 2.19. The van der Waals surface area contributed by atoms with E-state index in [-0.39, 0.29) is 24.2 Å². The van der Waals surface area contributed by atoms with E-state index in [2.05, 4.69) is 5.32 Å². The van der Waals surface area contributed by atoms with Crippen LogP contribution < -0.4 is 5.32 Å². The Morgan fingerprint density at radius 2 is 2.16 bits per heavy atom. The maximum atomic E-state index is 13.0. The molecule has 0 aliphatic carbocycles. The molecule has 1 rings (SSSR count). The summed E-state index contributed by atoms with van der Waals surface area (Å²) in [5, 5.41) is 12.5. The van der Waals surface area contributed by atoms with E-state index in [1.54, 1.807) is 6.07 Å². The molecule has 0 aliphatic heterocycles. The molecule has 0 radical (unpaired) electrons. The Morgan fingerprint density at radius 3 is 2.68 bits per heavy atom. The fourth-order valence-electron chi connectivity index (χ4n) is 2.03. The third kappa shape index (κ3) is 4.21. The number of carbonyl (C=O) groups is 1. The maximum Gasteiger partial charge on any atom is 0.234 e. The monoisotopic (exact) mass is 268 g/mol. The smallest absolute Gasteiger partial charge is 0.234 e. The number of amides is 1. The third-order valence-electron chi connectivity index (χ3n) is 3.12. The number of rotatable bonds is 6. The maximum absolute atomic E-state index is 13.0. The van der Waals surface area contributed by atoms with Crippen molar-refractivity contribution in [1.29, 1.82) is 0 Å². The quantitative estimate of drug-likeness (QED) is 0.830. The summed E-state index contributed by atoms with van der Waals surface area (Å²) in [6, 6.07) is 3.79. The van der Waals surface area contributed by atoms with Crippen molar-refractivity contribution in [2.24, 2.45) is 0 Å².